The number of hydrogen-bond donors (Lipinski definition) is 2. The summed E-state index contributed by atoms with van der Waals surface area (Å²) in [7, 11) is 1.66. The number of nitrogens with zero attached hydrogens (tertiary/aromatic N) is 2. The fraction of sp³-hybridized carbons (Fsp3) is 0.136. The minimum absolute atomic E-state index is 0.0866. The summed E-state index contributed by atoms with van der Waals surface area (Å²) in [4.78, 5) is 30.4. The highest BCUT2D eigenvalue weighted by molar-refractivity contribution is 6.07. The minimum Gasteiger partial charge on any atom is -0.487 e. The fourth-order valence-electron chi connectivity index (χ4n) is 3.01. The molecule has 4 rings (SSSR count). The van der Waals surface area contributed by atoms with E-state index in [0.29, 0.717) is 35.1 Å². The third-order valence-electron chi connectivity index (χ3n) is 4.64. The van der Waals surface area contributed by atoms with Gasteiger partial charge >= 0.3 is 0 Å². The van der Waals surface area contributed by atoms with Gasteiger partial charge in [0.25, 0.3) is 5.91 Å². The maximum absolute atomic E-state index is 12.8. The molecule has 29 heavy (non-hydrogen) atoms. The first-order valence-corrected chi connectivity index (χ1v) is 9.19. The number of hydrogen-bond acceptors (Lipinski definition) is 5. The van der Waals surface area contributed by atoms with Crippen molar-refractivity contribution in [3.05, 3.63) is 78.0 Å². The van der Waals surface area contributed by atoms with E-state index in [2.05, 4.69) is 15.6 Å². The standard InChI is InChI=1S/C22H20N4O3/c1-26-18-11-16(12-23-21(18)24-13-20(26)27)22(28)25-17-9-5-6-10-19(17)29-14-15-7-3-2-4-8-15/h2-12H,13-14H2,1H3,(H,23,24)(H,25,28). The van der Waals surface area contributed by atoms with E-state index in [1.54, 1.807) is 25.2 Å². The maximum Gasteiger partial charge on any atom is 0.257 e. The number of ether oxygens (including phenoxy) is 1. The summed E-state index contributed by atoms with van der Waals surface area (Å²) in [5.74, 6) is 0.735. The number of fused-ring (bicyclic) bond motifs is 1. The molecule has 3 aromatic rings. The van der Waals surface area contributed by atoms with Gasteiger partial charge in [-0.15, -0.1) is 0 Å². The predicted octanol–water partition coefficient (Wildman–Crippen LogP) is 3.30. The molecule has 0 atom stereocenters. The second kappa shape index (κ2) is 8.02. The van der Waals surface area contributed by atoms with Gasteiger partial charge in [0.2, 0.25) is 5.91 Å². The lowest BCUT2D eigenvalue weighted by atomic mass is 10.2. The summed E-state index contributed by atoms with van der Waals surface area (Å²) >= 11 is 0. The van der Waals surface area contributed by atoms with Crippen molar-refractivity contribution in [3.63, 3.8) is 0 Å². The van der Waals surface area contributed by atoms with Crippen molar-refractivity contribution in [2.75, 3.05) is 29.1 Å². The maximum atomic E-state index is 12.8. The molecule has 0 unspecified atom stereocenters. The van der Waals surface area contributed by atoms with Crippen LogP contribution in [0.5, 0.6) is 5.75 Å². The highest BCUT2D eigenvalue weighted by Crippen LogP contribution is 2.29. The molecular formula is C22H20N4O3. The number of aromatic nitrogens is 1. The van der Waals surface area contributed by atoms with E-state index in [4.69, 9.17) is 4.74 Å². The number of carbonyl (C=O) groups excluding carboxylic acids is 2. The van der Waals surface area contributed by atoms with Crippen molar-refractivity contribution < 1.29 is 14.3 Å². The van der Waals surface area contributed by atoms with Crippen molar-refractivity contribution in [1.82, 2.24) is 4.98 Å². The molecule has 0 saturated carbocycles. The number of nitrogens with one attached hydrogen (secondary N) is 2. The zero-order valence-corrected chi connectivity index (χ0v) is 15.9. The number of anilines is 3. The number of amides is 2. The van der Waals surface area contributed by atoms with Gasteiger partial charge in [0, 0.05) is 13.2 Å². The van der Waals surface area contributed by atoms with Gasteiger partial charge in [0.15, 0.2) is 0 Å². The molecule has 2 aromatic carbocycles. The predicted molar refractivity (Wildman–Crippen MR) is 111 cm³/mol. The minimum atomic E-state index is -0.331. The van der Waals surface area contributed by atoms with Crippen LogP contribution in [0.3, 0.4) is 0 Å². The van der Waals surface area contributed by atoms with E-state index in [1.165, 1.54) is 11.1 Å². The fourth-order valence-corrected chi connectivity index (χ4v) is 3.01. The monoisotopic (exact) mass is 388 g/mol. The molecule has 0 spiro atoms. The first kappa shape index (κ1) is 18.5. The van der Waals surface area contributed by atoms with Gasteiger partial charge in [0.05, 0.1) is 23.5 Å². The largest absolute Gasteiger partial charge is 0.487 e. The molecule has 2 amide bonds. The average molecular weight is 388 g/mol. The van der Waals surface area contributed by atoms with Crippen molar-refractivity contribution >= 4 is 29.0 Å². The normalized spacial score (nSPS) is 12.7. The van der Waals surface area contributed by atoms with Crippen molar-refractivity contribution in [2.24, 2.45) is 0 Å². The van der Waals surface area contributed by atoms with Gasteiger partial charge in [-0.25, -0.2) is 4.98 Å². The van der Waals surface area contributed by atoms with E-state index < -0.39 is 0 Å². The summed E-state index contributed by atoms with van der Waals surface area (Å²) in [6, 6.07) is 18.7. The quantitative estimate of drug-likeness (QED) is 0.701. The summed E-state index contributed by atoms with van der Waals surface area (Å²) in [6.07, 6.45) is 1.48. The smallest absolute Gasteiger partial charge is 0.257 e. The van der Waals surface area contributed by atoms with Crippen molar-refractivity contribution in [3.8, 4) is 5.75 Å². The molecule has 0 bridgehead atoms. The van der Waals surface area contributed by atoms with Gasteiger partial charge < -0.3 is 20.3 Å². The third kappa shape index (κ3) is 4.03. The second-order valence-electron chi connectivity index (χ2n) is 6.62. The molecule has 0 fully saturated rings. The van der Waals surface area contributed by atoms with Gasteiger partial charge in [-0.05, 0) is 23.8 Å². The number of benzene rings is 2. The number of pyridine rings is 1. The van der Waals surface area contributed by atoms with Crippen molar-refractivity contribution in [1.29, 1.82) is 0 Å². The molecular weight excluding hydrogens is 368 g/mol. The molecule has 146 valence electrons. The number of likely N-dealkylation sites (N-methyl/N-ethyl adjacent to an activating group) is 1. The Bertz CT molecular complexity index is 1050. The summed E-state index contributed by atoms with van der Waals surface area (Å²) < 4.78 is 5.89. The first-order valence-electron chi connectivity index (χ1n) is 9.19. The molecule has 2 heterocycles. The molecule has 1 aromatic heterocycles. The SMILES string of the molecule is CN1C(=O)CNc2ncc(C(=O)Nc3ccccc3OCc3ccccc3)cc21. The van der Waals surface area contributed by atoms with Crippen LogP contribution in [0.2, 0.25) is 0 Å². The van der Waals surface area contributed by atoms with Crippen LogP contribution in [0.15, 0.2) is 66.9 Å². The number of carbonyl (C=O) groups is 2. The van der Waals surface area contributed by atoms with Crippen LogP contribution in [0, 0.1) is 0 Å². The summed E-state index contributed by atoms with van der Waals surface area (Å²) in [5.41, 5.74) is 2.52. The Morgan fingerprint density at radius 3 is 2.76 bits per heavy atom. The van der Waals surface area contributed by atoms with E-state index in [9.17, 15) is 9.59 Å². The topological polar surface area (TPSA) is 83.6 Å². The third-order valence-corrected chi connectivity index (χ3v) is 4.64. The Kier molecular flexibility index (Phi) is 5.11. The zero-order chi connectivity index (χ0) is 20.2. The molecule has 7 heteroatoms. The molecule has 0 aliphatic carbocycles. The van der Waals surface area contributed by atoms with Crippen LogP contribution in [-0.4, -0.2) is 30.4 Å². The van der Waals surface area contributed by atoms with E-state index >= 15 is 0 Å². The van der Waals surface area contributed by atoms with Crippen LogP contribution in [0.1, 0.15) is 15.9 Å². The van der Waals surface area contributed by atoms with Gasteiger partial charge in [-0.1, -0.05) is 42.5 Å². The first-order chi connectivity index (χ1) is 14.1. The number of rotatable bonds is 5. The Morgan fingerprint density at radius 1 is 1.17 bits per heavy atom. The molecule has 7 nitrogen and oxygen atoms in total. The van der Waals surface area contributed by atoms with Gasteiger partial charge in [-0.3, -0.25) is 9.59 Å². The van der Waals surface area contributed by atoms with Crippen LogP contribution >= 0.6 is 0 Å². The van der Waals surface area contributed by atoms with Crippen LogP contribution in [0.4, 0.5) is 17.2 Å². The van der Waals surface area contributed by atoms with E-state index in [0.717, 1.165) is 5.56 Å². The Morgan fingerprint density at radius 2 is 1.93 bits per heavy atom. The molecule has 1 aliphatic rings. The Labute approximate surface area is 168 Å². The number of para-hydroxylation sites is 2. The van der Waals surface area contributed by atoms with E-state index in [1.807, 2.05) is 42.5 Å². The van der Waals surface area contributed by atoms with Crippen LogP contribution < -0.4 is 20.3 Å². The lowest BCUT2D eigenvalue weighted by Gasteiger charge is -2.26. The average Bonchev–Trinajstić information content (AvgIpc) is 2.76. The van der Waals surface area contributed by atoms with Crippen molar-refractivity contribution in [2.45, 2.75) is 6.61 Å². The van der Waals surface area contributed by atoms with Gasteiger partial charge in [-0.2, -0.15) is 0 Å². The van der Waals surface area contributed by atoms with Crippen LogP contribution in [-0.2, 0) is 11.4 Å². The molecule has 0 saturated heterocycles. The Hall–Kier alpha value is -3.87. The highest BCUT2D eigenvalue weighted by atomic mass is 16.5. The zero-order valence-electron chi connectivity index (χ0n) is 15.9. The second-order valence-corrected chi connectivity index (χ2v) is 6.62. The molecule has 0 radical (unpaired) electrons. The molecule has 2 N–H and O–H groups in total. The van der Waals surface area contributed by atoms with Crippen LogP contribution in [0.25, 0.3) is 0 Å². The lowest BCUT2D eigenvalue weighted by Crippen LogP contribution is -2.37. The van der Waals surface area contributed by atoms with E-state index in [-0.39, 0.29) is 18.4 Å². The summed E-state index contributed by atoms with van der Waals surface area (Å²) in [6.45, 7) is 0.584. The highest BCUT2D eigenvalue weighted by Gasteiger charge is 2.23. The summed E-state index contributed by atoms with van der Waals surface area (Å²) in [5, 5.41) is 5.81. The Balaban J connectivity index is 1.51. The van der Waals surface area contributed by atoms with Gasteiger partial charge in [0.1, 0.15) is 18.2 Å². The molecule has 1 aliphatic heterocycles. The lowest BCUT2D eigenvalue weighted by molar-refractivity contribution is -0.116.